The number of amides is 1. The van der Waals surface area contributed by atoms with Crippen molar-refractivity contribution in [2.24, 2.45) is 0 Å². The van der Waals surface area contributed by atoms with Gasteiger partial charge in [0.1, 0.15) is 5.69 Å². The maximum atomic E-state index is 12.8. The van der Waals surface area contributed by atoms with Crippen LogP contribution in [0.15, 0.2) is 41.8 Å². The number of aromatic nitrogens is 1. The summed E-state index contributed by atoms with van der Waals surface area (Å²) in [6.45, 7) is 4.08. The van der Waals surface area contributed by atoms with Gasteiger partial charge in [0.05, 0.1) is 28.6 Å². The third kappa shape index (κ3) is 2.80. The molecule has 3 rings (SSSR count). The average molecular weight is 342 g/mol. The summed E-state index contributed by atoms with van der Waals surface area (Å²) in [5.74, 6) is -0.727. The zero-order valence-electron chi connectivity index (χ0n) is 13.7. The van der Waals surface area contributed by atoms with Gasteiger partial charge in [0.15, 0.2) is 0 Å². The third-order valence-corrected chi connectivity index (χ3v) is 4.64. The van der Waals surface area contributed by atoms with E-state index in [-0.39, 0.29) is 11.9 Å². The second kappa shape index (κ2) is 6.49. The molecule has 0 aliphatic rings. The number of nitrogens with one attached hydrogen (secondary N) is 1. The van der Waals surface area contributed by atoms with Gasteiger partial charge in [-0.3, -0.25) is 4.79 Å². The van der Waals surface area contributed by atoms with Crippen LogP contribution >= 0.6 is 11.3 Å². The van der Waals surface area contributed by atoms with Crippen molar-refractivity contribution in [2.45, 2.75) is 19.9 Å². The van der Waals surface area contributed by atoms with Crippen molar-refractivity contribution in [3.8, 4) is 0 Å². The number of thiophene rings is 1. The summed E-state index contributed by atoms with van der Waals surface area (Å²) < 4.78 is 7.83. The van der Waals surface area contributed by atoms with E-state index in [1.807, 2.05) is 35.9 Å². The highest BCUT2D eigenvalue weighted by molar-refractivity contribution is 7.17. The smallest absolute Gasteiger partial charge is 0.339 e. The van der Waals surface area contributed by atoms with Crippen LogP contribution in [0.25, 0.3) is 10.2 Å². The highest BCUT2D eigenvalue weighted by Crippen LogP contribution is 2.29. The second-order valence-corrected chi connectivity index (χ2v) is 6.60. The molecular weight excluding hydrogens is 324 g/mol. The maximum absolute atomic E-state index is 12.8. The summed E-state index contributed by atoms with van der Waals surface area (Å²) in [6, 6.07) is 10.9. The molecule has 6 heteroatoms. The molecule has 0 unspecified atom stereocenters. The monoisotopic (exact) mass is 342 g/mol. The number of carbonyl (C=O) groups excluding carboxylic acids is 2. The van der Waals surface area contributed by atoms with Crippen LogP contribution in [0.2, 0.25) is 0 Å². The quantitative estimate of drug-likeness (QED) is 0.718. The lowest BCUT2D eigenvalue weighted by atomic mass is 10.1. The first-order chi connectivity index (χ1) is 11.5. The van der Waals surface area contributed by atoms with Gasteiger partial charge in [-0.15, -0.1) is 11.3 Å². The van der Waals surface area contributed by atoms with Gasteiger partial charge in [-0.2, -0.15) is 0 Å². The first kappa shape index (κ1) is 16.3. The number of anilines is 1. The van der Waals surface area contributed by atoms with Crippen LogP contribution in [0, 0.1) is 0 Å². The van der Waals surface area contributed by atoms with Gasteiger partial charge in [-0.05, 0) is 43.5 Å². The van der Waals surface area contributed by atoms with Crippen LogP contribution in [-0.4, -0.2) is 23.6 Å². The minimum Gasteiger partial charge on any atom is -0.465 e. The molecule has 24 heavy (non-hydrogen) atoms. The van der Waals surface area contributed by atoms with E-state index in [4.69, 9.17) is 4.74 Å². The van der Waals surface area contributed by atoms with Crippen LogP contribution < -0.4 is 5.32 Å². The van der Waals surface area contributed by atoms with Crippen molar-refractivity contribution in [1.82, 2.24) is 4.57 Å². The third-order valence-electron chi connectivity index (χ3n) is 3.79. The Hall–Kier alpha value is -2.60. The molecule has 124 valence electrons. The number of ether oxygens (including phenoxy) is 1. The zero-order valence-corrected chi connectivity index (χ0v) is 14.5. The number of hydrogen-bond donors (Lipinski definition) is 1. The topological polar surface area (TPSA) is 60.3 Å². The predicted octanol–water partition coefficient (Wildman–Crippen LogP) is 4.32. The van der Waals surface area contributed by atoms with Crippen LogP contribution in [0.5, 0.6) is 0 Å². The highest BCUT2D eigenvalue weighted by atomic mass is 32.1. The molecule has 5 nitrogen and oxygen atoms in total. The molecule has 0 fully saturated rings. The second-order valence-electron chi connectivity index (χ2n) is 5.65. The first-order valence-corrected chi connectivity index (χ1v) is 8.48. The van der Waals surface area contributed by atoms with E-state index in [2.05, 4.69) is 5.32 Å². The Morgan fingerprint density at radius 2 is 1.96 bits per heavy atom. The molecule has 0 aliphatic heterocycles. The van der Waals surface area contributed by atoms with Gasteiger partial charge in [0, 0.05) is 6.04 Å². The summed E-state index contributed by atoms with van der Waals surface area (Å²) in [4.78, 5) is 24.6. The van der Waals surface area contributed by atoms with Crippen LogP contribution in [0.4, 0.5) is 5.69 Å². The average Bonchev–Trinajstić information content (AvgIpc) is 3.14. The Morgan fingerprint density at radius 1 is 1.21 bits per heavy atom. The Balaban J connectivity index is 1.98. The highest BCUT2D eigenvalue weighted by Gasteiger charge is 2.20. The van der Waals surface area contributed by atoms with Crippen molar-refractivity contribution in [1.29, 1.82) is 0 Å². The number of para-hydroxylation sites is 1. The van der Waals surface area contributed by atoms with Crippen molar-refractivity contribution in [2.75, 3.05) is 12.4 Å². The van der Waals surface area contributed by atoms with Crippen molar-refractivity contribution >= 4 is 39.1 Å². The lowest BCUT2D eigenvalue weighted by Crippen LogP contribution is -2.19. The van der Waals surface area contributed by atoms with E-state index < -0.39 is 5.97 Å². The van der Waals surface area contributed by atoms with Gasteiger partial charge < -0.3 is 14.6 Å². The van der Waals surface area contributed by atoms with Crippen LogP contribution in [-0.2, 0) is 4.74 Å². The molecule has 0 saturated heterocycles. The van der Waals surface area contributed by atoms with Gasteiger partial charge in [0.25, 0.3) is 5.91 Å². The normalized spacial score (nSPS) is 11.0. The number of carbonyl (C=O) groups is 2. The Labute approximate surface area is 143 Å². The van der Waals surface area contributed by atoms with Crippen molar-refractivity contribution in [3.05, 3.63) is 53.0 Å². The molecular formula is C18H18N2O3S. The number of hydrogen-bond acceptors (Lipinski definition) is 4. The molecule has 0 spiro atoms. The van der Waals surface area contributed by atoms with E-state index in [0.29, 0.717) is 16.9 Å². The summed E-state index contributed by atoms with van der Waals surface area (Å²) in [5, 5.41) is 4.84. The molecule has 0 atom stereocenters. The van der Waals surface area contributed by atoms with Gasteiger partial charge in [0.2, 0.25) is 0 Å². The molecule has 2 heterocycles. The Kier molecular flexibility index (Phi) is 4.40. The van der Waals surface area contributed by atoms with E-state index in [1.165, 1.54) is 7.11 Å². The van der Waals surface area contributed by atoms with Crippen LogP contribution in [0.3, 0.4) is 0 Å². The molecule has 0 aliphatic carbocycles. The predicted molar refractivity (Wildman–Crippen MR) is 95.9 cm³/mol. The van der Waals surface area contributed by atoms with Gasteiger partial charge in [-0.25, -0.2) is 4.79 Å². The minimum atomic E-state index is -0.480. The number of methoxy groups -OCH3 is 1. The van der Waals surface area contributed by atoms with E-state index in [0.717, 1.165) is 10.2 Å². The maximum Gasteiger partial charge on any atom is 0.339 e. The van der Waals surface area contributed by atoms with Crippen LogP contribution in [0.1, 0.15) is 40.7 Å². The largest absolute Gasteiger partial charge is 0.465 e. The van der Waals surface area contributed by atoms with Crippen molar-refractivity contribution in [3.63, 3.8) is 0 Å². The Morgan fingerprint density at radius 3 is 2.67 bits per heavy atom. The first-order valence-electron chi connectivity index (χ1n) is 7.60. The molecule has 0 saturated carbocycles. The lowest BCUT2D eigenvalue weighted by molar-refractivity contribution is 0.0602. The van der Waals surface area contributed by atoms with Crippen molar-refractivity contribution < 1.29 is 14.3 Å². The fourth-order valence-electron chi connectivity index (χ4n) is 2.74. The molecule has 1 aromatic carbocycles. The number of rotatable bonds is 4. The van der Waals surface area contributed by atoms with E-state index >= 15 is 0 Å². The summed E-state index contributed by atoms with van der Waals surface area (Å²) in [7, 11) is 1.32. The molecule has 0 radical (unpaired) electrons. The Bertz CT molecular complexity index is 908. The summed E-state index contributed by atoms with van der Waals surface area (Å²) in [5.41, 5.74) is 2.39. The van der Waals surface area contributed by atoms with Gasteiger partial charge >= 0.3 is 5.97 Å². The fourth-order valence-corrected chi connectivity index (χ4v) is 3.55. The summed E-state index contributed by atoms with van der Waals surface area (Å²) in [6.07, 6.45) is 0. The molecule has 1 N–H and O–H groups in total. The zero-order chi connectivity index (χ0) is 17.3. The number of esters is 1. The molecule has 3 aromatic rings. The number of benzene rings is 1. The lowest BCUT2D eigenvalue weighted by Gasteiger charge is -2.15. The van der Waals surface area contributed by atoms with E-state index in [1.54, 1.807) is 35.6 Å². The summed E-state index contributed by atoms with van der Waals surface area (Å²) >= 11 is 1.60. The van der Waals surface area contributed by atoms with Gasteiger partial charge in [-0.1, -0.05) is 12.1 Å². The molecule has 1 amide bonds. The number of nitrogens with zero attached hydrogens (tertiary/aromatic N) is 1. The van der Waals surface area contributed by atoms with E-state index in [9.17, 15) is 9.59 Å². The standard InChI is InChI=1S/C18H18N2O3S/c1-11(2)20-14-8-9-24-16(14)10-15(20)17(21)19-13-7-5-4-6-12(13)18(22)23-3/h4-11H,1-3H3,(H,19,21). The SMILES string of the molecule is COC(=O)c1ccccc1NC(=O)c1cc2sccc2n1C(C)C. The minimum absolute atomic E-state index is 0.147. The number of fused-ring (bicyclic) bond motifs is 1. The fraction of sp³-hybridized carbons (Fsp3) is 0.222. The molecule has 2 aromatic heterocycles. The molecule has 0 bridgehead atoms.